The summed E-state index contributed by atoms with van der Waals surface area (Å²) >= 11 is 0. The van der Waals surface area contributed by atoms with Crippen LogP contribution >= 0.6 is 0 Å². The van der Waals surface area contributed by atoms with Crippen LogP contribution < -0.4 is 42.8 Å². The van der Waals surface area contributed by atoms with Crippen molar-refractivity contribution < 1.29 is 57.3 Å². The highest BCUT2D eigenvalue weighted by molar-refractivity contribution is 5.97. The number of aromatic nitrogens is 2. The number of hydrogen-bond acceptors (Lipinski definition) is 14. The Labute approximate surface area is 558 Å². The molecule has 7 amide bonds. The molecular weight excluding hydrogens is 1230 g/mol. The molecule has 23 heteroatoms. The smallest absolute Gasteiger partial charge is 0.343 e. The molecule has 4 atom stereocenters. The van der Waals surface area contributed by atoms with Crippen molar-refractivity contribution in [3.05, 3.63) is 127 Å². The molecule has 1 aliphatic carbocycles. The van der Waals surface area contributed by atoms with E-state index in [0.717, 1.165) is 27.9 Å². The van der Waals surface area contributed by atoms with E-state index >= 15 is 4.39 Å². The van der Waals surface area contributed by atoms with Gasteiger partial charge in [0.25, 0.3) is 5.56 Å². The number of benzene rings is 3. The van der Waals surface area contributed by atoms with Crippen LogP contribution in [0.3, 0.4) is 0 Å². The Balaban J connectivity index is 0.680. The molecule has 10 rings (SSSR count). The van der Waals surface area contributed by atoms with Crippen LogP contribution in [0.25, 0.3) is 22.3 Å². The normalized spacial score (nSPS) is 17.8. The Morgan fingerprint density at radius 1 is 0.865 bits per heavy atom. The molecule has 0 spiro atoms. The average molecular weight is 1320 g/mol. The van der Waals surface area contributed by atoms with Crippen molar-refractivity contribution in [1.82, 2.24) is 41.0 Å². The van der Waals surface area contributed by atoms with Crippen molar-refractivity contribution >= 4 is 63.9 Å². The molecule has 6 heterocycles. The molecule has 4 unspecified atom stereocenters. The molecule has 2 aromatic heterocycles. The summed E-state index contributed by atoms with van der Waals surface area (Å²) in [4.78, 5) is 132. The summed E-state index contributed by atoms with van der Waals surface area (Å²) in [6.07, 6.45) is 3.64. The van der Waals surface area contributed by atoms with Crippen LogP contribution in [0, 0.1) is 41.8 Å². The fourth-order valence-electron chi connectivity index (χ4n) is 13.8. The number of hydrogen-bond donors (Lipinski definition) is 7. The highest BCUT2D eigenvalue weighted by atomic mass is 19.1. The van der Waals surface area contributed by atoms with Crippen LogP contribution in [0.4, 0.5) is 10.1 Å². The van der Waals surface area contributed by atoms with Crippen LogP contribution in [0.15, 0.2) is 65.5 Å². The van der Waals surface area contributed by atoms with Crippen LogP contribution in [0.2, 0.25) is 0 Å². The van der Waals surface area contributed by atoms with Crippen LogP contribution in [0.1, 0.15) is 175 Å². The summed E-state index contributed by atoms with van der Waals surface area (Å²) in [5, 5.41) is 26.5. The number of likely N-dealkylation sites (tertiary alicyclic amines) is 1. The standard InChI is InChI=1S/C73H89FN10O12/c1-9-73(94)51-36-57-64-49(40-84(57)68(91)50(51)41-95-70(73)93)62-53(24-23-48-43(4)52(74)37-55(79-64)61(48)62)78-59(86)38-77-66(89)54(19-14-15-31-75)80-67(90)63(42(2)3)81-58(85)25-29-72(7,8)96-35-30-71(5,6)69(92)82-33-27-46(28-34-82)65(88)76-32-26-60(87)83-39-47-18-11-10-16-44(47)21-22-45-17-12-13-20-56(45)83/h10-13,16-18,20,36-37,42,46,53-54,63,94H,9,14-15,19,23-35,38-41,75H2,1-8H3,(H,76,88)(H,77,89)(H,78,86)(H,80,90)(H,81,85). The number of amides is 7. The van der Waals surface area contributed by atoms with E-state index in [-0.39, 0.29) is 93.2 Å². The maximum Gasteiger partial charge on any atom is 0.343 e. The number of esters is 1. The summed E-state index contributed by atoms with van der Waals surface area (Å²) in [5.41, 5.74) is 8.65. The summed E-state index contributed by atoms with van der Waals surface area (Å²) in [5.74, 6) is 1.90. The molecule has 4 aliphatic heterocycles. The minimum atomic E-state index is -2.06. The molecule has 3 aromatic carbocycles. The third kappa shape index (κ3) is 14.9. The van der Waals surface area contributed by atoms with Gasteiger partial charge in [0, 0.05) is 84.1 Å². The molecule has 1 saturated heterocycles. The molecule has 510 valence electrons. The van der Waals surface area contributed by atoms with Crippen molar-refractivity contribution in [1.29, 1.82) is 0 Å². The van der Waals surface area contributed by atoms with Gasteiger partial charge in [0.05, 0.1) is 59.4 Å². The minimum absolute atomic E-state index is 0.00288. The Morgan fingerprint density at radius 3 is 2.31 bits per heavy atom. The number of halogens is 1. The number of nitrogens with one attached hydrogen (secondary N) is 5. The lowest BCUT2D eigenvalue weighted by Gasteiger charge is -2.37. The molecule has 22 nitrogen and oxygen atoms in total. The SMILES string of the molecule is CCC1(O)C(=O)OCc2c1cc1n(c2=O)Cc2c-1nc1cc(F)c(C)c3c1c2C(NC(=O)CNC(=O)C(CCCCN)NC(=O)C(NC(=O)CCC(C)(C)OCCC(C)(C)C(=O)N1CCC(C(=O)NCCC(=O)N2Cc4ccccc4C#Cc4ccccc42)CC1)C(C)C)CC3. The number of nitrogens with two attached hydrogens (primary N) is 1. The van der Waals surface area contributed by atoms with E-state index in [4.69, 9.17) is 20.2 Å². The number of piperidine rings is 1. The maximum atomic E-state index is 15.6. The summed E-state index contributed by atoms with van der Waals surface area (Å²) in [6, 6.07) is 15.4. The van der Waals surface area contributed by atoms with E-state index in [0.29, 0.717) is 110 Å². The molecule has 0 saturated carbocycles. The number of para-hydroxylation sites is 1. The minimum Gasteiger partial charge on any atom is -0.458 e. The van der Waals surface area contributed by atoms with E-state index in [2.05, 4.69) is 38.4 Å². The number of ether oxygens (including phenoxy) is 2. The summed E-state index contributed by atoms with van der Waals surface area (Å²) in [7, 11) is 0. The van der Waals surface area contributed by atoms with E-state index in [1.165, 1.54) is 10.6 Å². The predicted molar refractivity (Wildman–Crippen MR) is 358 cm³/mol. The van der Waals surface area contributed by atoms with Gasteiger partial charge in [-0.1, -0.05) is 76.8 Å². The second-order valence-corrected chi connectivity index (χ2v) is 27.6. The monoisotopic (exact) mass is 1320 g/mol. The van der Waals surface area contributed by atoms with Gasteiger partial charge >= 0.3 is 5.97 Å². The van der Waals surface area contributed by atoms with E-state index in [1.54, 1.807) is 43.6 Å². The van der Waals surface area contributed by atoms with Gasteiger partial charge < -0.3 is 61.3 Å². The summed E-state index contributed by atoms with van der Waals surface area (Å²) in [6.45, 7) is 15.4. The molecule has 5 aliphatic rings. The zero-order valence-electron chi connectivity index (χ0n) is 56.2. The number of anilines is 1. The van der Waals surface area contributed by atoms with Gasteiger partial charge in [-0.25, -0.2) is 14.2 Å². The first kappa shape index (κ1) is 70.0. The number of cyclic esters (lactones) is 1. The number of carbonyl (C=O) groups excluding carboxylic acids is 8. The van der Waals surface area contributed by atoms with Crippen molar-refractivity contribution in [3.8, 4) is 23.2 Å². The maximum absolute atomic E-state index is 15.6. The first-order valence-electron chi connectivity index (χ1n) is 33.6. The zero-order chi connectivity index (χ0) is 69.0. The number of aryl methyl sites for hydroxylation is 1. The lowest BCUT2D eigenvalue weighted by molar-refractivity contribution is -0.172. The van der Waals surface area contributed by atoms with Gasteiger partial charge in [-0.05, 0) is 144 Å². The number of rotatable bonds is 25. The van der Waals surface area contributed by atoms with Gasteiger partial charge in [0.2, 0.25) is 41.4 Å². The molecule has 96 heavy (non-hydrogen) atoms. The third-order valence-electron chi connectivity index (χ3n) is 19.7. The van der Waals surface area contributed by atoms with Gasteiger partial charge in [-0.15, -0.1) is 0 Å². The fraction of sp³-hybridized carbons (Fsp3) is 0.507. The molecule has 0 radical (unpaired) electrons. The van der Waals surface area contributed by atoms with Crippen molar-refractivity contribution in [2.45, 2.75) is 181 Å². The second kappa shape index (κ2) is 29.2. The first-order valence-corrected chi connectivity index (χ1v) is 33.6. The number of nitrogens with zero attached hydrogens (tertiary/aromatic N) is 4. The number of unbranched alkanes of at least 4 members (excludes halogenated alkanes) is 1. The molecule has 8 N–H and O–H groups in total. The van der Waals surface area contributed by atoms with Gasteiger partial charge in [-0.2, -0.15) is 0 Å². The van der Waals surface area contributed by atoms with E-state index in [1.807, 2.05) is 76.2 Å². The largest absolute Gasteiger partial charge is 0.458 e. The molecule has 0 bridgehead atoms. The Bertz CT molecular complexity index is 4030. The van der Waals surface area contributed by atoms with Crippen LogP contribution in [0.5, 0.6) is 0 Å². The highest BCUT2D eigenvalue weighted by Crippen LogP contribution is 2.46. The lowest BCUT2D eigenvalue weighted by Crippen LogP contribution is -2.56. The quantitative estimate of drug-likeness (QED) is 0.0191. The Hall–Kier alpha value is -8.85. The Kier molecular flexibility index (Phi) is 21.3. The third-order valence-corrected chi connectivity index (χ3v) is 19.7. The van der Waals surface area contributed by atoms with E-state index in [9.17, 15) is 48.3 Å². The van der Waals surface area contributed by atoms with Gasteiger partial charge in [0.1, 0.15) is 24.5 Å². The van der Waals surface area contributed by atoms with Crippen LogP contribution in [-0.2, 0) is 79.5 Å². The number of pyridine rings is 2. The number of aliphatic hydroxyl groups is 1. The van der Waals surface area contributed by atoms with Crippen LogP contribution in [-0.4, -0.2) is 124 Å². The molecule has 1 fully saturated rings. The first-order chi connectivity index (χ1) is 45.7. The predicted octanol–water partition coefficient (Wildman–Crippen LogP) is 6.18. The van der Waals surface area contributed by atoms with Gasteiger partial charge in [-0.3, -0.25) is 38.4 Å². The number of carbonyl (C=O) groups is 8. The second-order valence-electron chi connectivity index (χ2n) is 27.6. The topological polar surface area (TPSA) is 303 Å². The average Bonchev–Trinajstić information content (AvgIpc) is 1.66. The summed E-state index contributed by atoms with van der Waals surface area (Å²) < 4.78 is 28.6. The van der Waals surface area contributed by atoms with E-state index < -0.39 is 88.2 Å². The molecular formula is C73H89FN10O12. The van der Waals surface area contributed by atoms with Crippen molar-refractivity contribution in [2.24, 2.45) is 23.0 Å². The molecule has 5 aromatic rings. The van der Waals surface area contributed by atoms with Crippen molar-refractivity contribution in [2.75, 3.05) is 44.2 Å². The lowest BCUT2D eigenvalue weighted by atomic mass is 9.81. The number of fused-ring (bicyclic) bond motifs is 7. The van der Waals surface area contributed by atoms with Gasteiger partial charge in [0.15, 0.2) is 5.60 Å². The fourth-order valence-corrected chi connectivity index (χ4v) is 13.8. The zero-order valence-corrected chi connectivity index (χ0v) is 56.2. The van der Waals surface area contributed by atoms with Crippen molar-refractivity contribution in [3.63, 3.8) is 0 Å². The highest BCUT2D eigenvalue weighted by Gasteiger charge is 2.46. The Morgan fingerprint density at radius 2 is 1.58 bits per heavy atom.